The fourth-order valence-electron chi connectivity index (χ4n) is 2.79. The Hall–Kier alpha value is -1.19. The molecule has 1 fully saturated rings. The first-order valence-corrected chi connectivity index (χ1v) is 10.6. The zero-order valence-corrected chi connectivity index (χ0v) is 16.2. The molecule has 0 atom stereocenters. The Morgan fingerprint density at radius 1 is 1.12 bits per heavy atom. The van der Waals surface area contributed by atoms with Crippen molar-refractivity contribution in [1.82, 2.24) is 4.31 Å². The molecule has 8 heteroatoms. The van der Waals surface area contributed by atoms with E-state index in [1.54, 1.807) is 24.3 Å². The average molecular weight is 387 g/mol. The maximum absolute atomic E-state index is 12.8. The maximum Gasteiger partial charge on any atom is 0.243 e. The average Bonchev–Trinajstić information content (AvgIpc) is 2.66. The van der Waals surface area contributed by atoms with Crippen LogP contribution in [0.3, 0.4) is 0 Å². The van der Waals surface area contributed by atoms with Crippen LogP contribution < -0.4 is 10.5 Å². The normalized spacial score (nSPS) is 16.7. The molecular weight excluding hydrogens is 356 g/mol. The molecule has 1 aliphatic heterocycles. The number of benzene rings is 1. The van der Waals surface area contributed by atoms with E-state index in [-0.39, 0.29) is 11.0 Å². The zero-order chi connectivity index (χ0) is 18.8. The van der Waals surface area contributed by atoms with Gasteiger partial charge < -0.3 is 19.9 Å². The molecule has 0 amide bonds. The van der Waals surface area contributed by atoms with Gasteiger partial charge in [0.15, 0.2) is 0 Å². The van der Waals surface area contributed by atoms with Crippen molar-refractivity contribution in [2.45, 2.75) is 37.2 Å². The van der Waals surface area contributed by atoms with Crippen molar-refractivity contribution >= 4 is 10.0 Å². The number of nitrogens with two attached hydrogens (primary N) is 1. The molecule has 0 spiro atoms. The Balaban J connectivity index is 1.85. The van der Waals surface area contributed by atoms with Crippen molar-refractivity contribution in [3.05, 3.63) is 24.3 Å². The lowest BCUT2D eigenvalue weighted by atomic mass is 10.1. The molecule has 0 aromatic heterocycles. The van der Waals surface area contributed by atoms with Crippen molar-refractivity contribution in [3.63, 3.8) is 0 Å². The summed E-state index contributed by atoms with van der Waals surface area (Å²) in [5.41, 5.74) is 5.46. The molecule has 1 saturated heterocycles. The number of hydrogen-bond acceptors (Lipinski definition) is 6. The van der Waals surface area contributed by atoms with Gasteiger partial charge in [0.1, 0.15) is 12.4 Å². The number of piperidine rings is 1. The number of nitrogens with zero attached hydrogens (tertiary/aromatic N) is 1. The molecule has 2 N–H and O–H groups in total. The van der Waals surface area contributed by atoms with Gasteiger partial charge in [0.2, 0.25) is 10.0 Å². The zero-order valence-electron chi connectivity index (χ0n) is 15.4. The summed E-state index contributed by atoms with van der Waals surface area (Å²) in [7, 11) is -3.48. The van der Waals surface area contributed by atoms with Crippen LogP contribution in [0.1, 0.15) is 26.2 Å². The minimum atomic E-state index is -3.48. The number of ether oxygens (including phenoxy) is 3. The van der Waals surface area contributed by atoms with E-state index in [2.05, 4.69) is 0 Å². The first-order valence-electron chi connectivity index (χ1n) is 9.20. The summed E-state index contributed by atoms with van der Waals surface area (Å²) in [4.78, 5) is 0.289. The van der Waals surface area contributed by atoms with Crippen LogP contribution >= 0.6 is 0 Å². The van der Waals surface area contributed by atoms with E-state index in [4.69, 9.17) is 19.9 Å². The second-order valence-corrected chi connectivity index (χ2v) is 8.07. The molecule has 7 nitrogen and oxygen atoms in total. The van der Waals surface area contributed by atoms with Crippen molar-refractivity contribution in [1.29, 1.82) is 0 Å². The van der Waals surface area contributed by atoms with E-state index in [9.17, 15) is 8.42 Å². The quantitative estimate of drug-likeness (QED) is 0.581. The molecule has 1 aromatic rings. The molecule has 1 heterocycles. The van der Waals surface area contributed by atoms with Crippen molar-refractivity contribution < 1.29 is 22.6 Å². The van der Waals surface area contributed by atoms with Gasteiger partial charge in [-0.3, -0.25) is 0 Å². The summed E-state index contributed by atoms with van der Waals surface area (Å²) in [6.07, 6.45) is 2.37. The Morgan fingerprint density at radius 3 is 2.42 bits per heavy atom. The lowest BCUT2D eigenvalue weighted by Gasteiger charge is -2.31. The highest BCUT2D eigenvalue weighted by Crippen LogP contribution is 2.24. The van der Waals surface area contributed by atoms with Gasteiger partial charge in [-0.2, -0.15) is 4.31 Å². The first-order chi connectivity index (χ1) is 12.6. The van der Waals surface area contributed by atoms with Crippen LogP contribution in [0.5, 0.6) is 5.75 Å². The summed E-state index contributed by atoms with van der Waals surface area (Å²) >= 11 is 0. The minimum Gasteiger partial charge on any atom is -0.491 e. The van der Waals surface area contributed by atoms with E-state index >= 15 is 0 Å². The summed E-state index contributed by atoms with van der Waals surface area (Å²) in [5, 5.41) is 0. The summed E-state index contributed by atoms with van der Waals surface area (Å²) < 4.78 is 43.5. The molecule has 2 rings (SSSR count). The Morgan fingerprint density at radius 2 is 1.81 bits per heavy atom. The van der Waals surface area contributed by atoms with Gasteiger partial charge in [-0.05, 0) is 57.0 Å². The van der Waals surface area contributed by atoms with Crippen molar-refractivity contribution in [2.24, 2.45) is 5.73 Å². The molecule has 1 aliphatic rings. The second-order valence-electron chi connectivity index (χ2n) is 6.13. The highest BCUT2D eigenvalue weighted by atomic mass is 32.2. The van der Waals surface area contributed by atoms with E-state index in [1.165, 1.54) is 4.31 Å². The molecule has 26 heavy (non-hydrogen) atoms. The van der Waals surface area contributed by atoms with E-state index < -0.39 is 10.0 Å². The Labute approximate surface area is 156 Å². The van der Waals surface area contributed by atoms with Gasteiger partial charge in [-0.25, -0.2) is 8.42 Å². The molecule has 0 unspecified atom stereocenters. The van der Waals surface area contributed by atoms with Gasteiger partial charge in [0.05, 0.1) is 17.6 Å². The Bertz CT molecular complexity index is 613. The van der Waals surface area contributed by atoms with Gasteiger partial charge >= 0.3 is 0 Å². The topological polar surface area (TPSA) is 91.1 Å². The highest BCUT2D eigenvalue weighted by molar-refractivity contribution is 7.89. The second kappa shape index (κ2) is 10.8. The molecule has 0 radical (unpaired) electrons. The van der Waals surface area contributed by atoms with Crippen LogP contribution in [-0.2, 0) is 19.5 Å². The third-order valence-corrected chi connectivity index (χ3v) is 6.18. The van der Waals surface area contributed by atoms with E-state index in [0.29, 0.717) is 64.7 Å². The summed E-state index contributed by atoms with van der Waals surface area (Å²) in [6, 6.07) is 6.55. The third kappa shape index (κ3) is 6.21. The Kier molecular flexibility index (Phi) is 8.80. The van der Waals surface area contributed by atoms with Crippen LogP contribution in [0.4, 0.5) is 0 Å². The van der Waals surface area contributed by atoms with Crippen LogP contribution in [0, 0.1) is 0 Å². The van der Waals surface area contributed by atoms with Gasteiger partial charge in [-0.15, -0.1) is 0 Å². The first kappa shape index (κ1) is 21.1. The van der Waals surface area contributed by atoms with Crippen LogP contribution in [0.15, 0.2) is 29.2 Å². The molecule has 0 saturated carbocycles. The molecule has 0 bridgehead atoms. The van der Waals surface area contributed by atoms with E-state index in [1.807, 2.05) is 6.92 Å². The van der Waals surface area contributed by atoms with Crippen LogP contribution in [-0.4, -0.2) is 64.9 Å². The SMILES string of the molecule is CCOCCOc1ccc(S(=O)(=O)N2CCC(OCCCN)CC2)cc1. The third-order valence-electron chi connectivity index (χ3n) is 4.26. The van der Waals surface area contributed by atoms with Gasteiger partial charge in [0, 0.05) is 26.3 Å². The fourth-order valence-corrected chi connectivity index (χ4v) is 4.26. The molecule has 0 aliphatic carbocycles. The van der Waals surface area contributed by atoms with Crippen molar-refractivity contribution in [3.8, 4) is 5.75 Å². The summed E-state index contributed by atoms with van der Waals surface area (Å²) in [5.74, 6) is 0.635. The predicted octanol–water partition coefficient (Wildman–Crippen LogP) is 1.62. The van der Waals surface area contributed by atoms with E-state index in [0.717, 1.165) is 6.42 Å². The monoisotopic (exact) mass is 386 g/mol. The van der Waals surface area contributed by atoms with Crippen LogP contribution in [0.25, 0.3) is 0 Å². The predicted molar refractivity (Wildman–Crippen MR) is 99.8 cm³/mol. The minimum absolute atomic E-state index is 0.120. The van der Waals surface area contributed by atoms with Gasteiger partial charge in [0.25, 0.3) is 0 Å². The number of rotatable bonds is 11. The molecule has 148 valence electrons. The molecule has 1 aromatic carbocycles. The highest BCUT2D eigenvalue weighted by Gasteiger charge is 2.29. The lowest BCUT2D eigenvalue weighted by Crippen LogP contribution is -2.40. The molecular formula is C18H30N2O5S. The lowest BCUT2D eigenvalue weighted by molar-refractivity contribution is 0.0209. The standard InChI is InChI=1S/C18H30N2O5S/c1-2-23-14-15-25-16-4-6-18(7-5-16)26(21,22)20-11-8-17(9-12-20)24-13-3-10-19/h4-7,17H,2-3,8-15,19H2,1H3. The smallest absolute Gasteiger partial charge is 0.243 e. The number of sulfonamides is 1. The fraction of sp³-hybridized carbons (Fsp3) is 0.667. The summed E-state index contributed by atoms with van der Waals surface area (Å²) in [6.45, 7) is 5.72. The van der Waals surface area contributed by atoms with Gasteiger partial charge in [-0.1, -0.05) is 0 Å². The van der Waals surface area contributed by atoms with Crippen LogP contribution in [0.2, 0.25) is 0 Å². The largest absolute Gasteiger partial charge is 0.491 e. The van der Waals surface area contributed by atoms with Crippen molar-refractivity contribution in [2.75, 3.05) is 46.1 Å². The number of hydrogen-bond donors (Lipinski definition) is 1. The maximum atomic E-state index is 12.8.